The largest absolute Gasteiger partial charge is 0.454 e. The first-order valence-electron chi connectivity index (χ1n) is 8.83. The molecule has 0 saturated carbocycles. The molecule has 2 aliphatic heterocycles. The van der Waals surface area contributed by atoms with E-state index in [1.165, 1.54) is 0 Å². The molecule has 1 fully saturated rings. The van der Waals surface area contributed by atoms with Gasteiger partial charge in [0.05, 0.1) is 6.10 Å². The summed E-state index contributed by atoms with van der Waals surface area (Å²) in [6.07, 6.45) is 1.21. The van der Waals surface area contributed by atoms with Crippen LogP contribution in [0.4, 0.5) is 4.79 Å². The molecule has 1 saturated heterocycles. The molecule has 2 aliphatic rings. The van der Waals surface area contributed by atoms with Gasteiger partial charge in [0, 0.05) is 24.5 Å². The molecule has 1 aromatic heterocycles. The molecule has 4 rings (SSSR count). The third-order valence-corrected chi connectivity index (χ3v) is 5.93. The summed E-state index contributed by atoms with van der Waals surface area (Å²) in [5, 5.41) is 15.4. The summed E-state index contributed by atoms with van der Waals surface area (Å²) in [5.41, 5.74) is 0.977. The molecule has 6 nitrogen and oxygen atoms in total. The summed E-state index contributed by atoms with van der Waals surface area (Å²) >= 11 is 1.58. The highest BCUT2D eigenvalue weighted by molar-refractivity contribution is 7.10. The van der Waals surface area contributed by atoms with Gasteiger partial charge in [0.15, 0.2) is 11.5 Å². The van der Waals surface area contributed by atoms with Gasteiger partial charge in [-0.3, -0.25) is 0 Å². The lowest BCUT2D eigenvalue weighted by atomic mass is 9.90. The van der Waals surface area contributed by atoms with Crippen LogP contribution in [-0.2, 0) is 6.54 Å². The summed E-state index contributed by atoms with van der Waals surface area (Å²) in [6.45, 7) is 2.03. The predicted molar refractivity (Wildman–Crippen MR) is 98.4 cm³/mol. The predicted octanol–water partition coefficient (Wildman–Crippen LogP) is 3.13. The van der Waals surface area contributed by atoms with E-state index in [2.05, 4.69) is 5.32 Å². The second-order valence-corrected chi connectivity index (χ2v) is 7.61. The van der Waals surface area contributed by atoms with E-state index in [4.69, 9.17) is 9.47 Å². The van der Waals surface area contributed by atoms with Crippen LogP contribution in [0.25, 0.3) is 0 Å². The van der Waals surface area contributed by atoms with Crippen molar-refractivity contribution in [1.29, 1.82) is 0 Å². The number of aliphatic hydroxyl groups excluding tert-OH is 1. The first-order valence-corrected chi connectivity index (χ1v) is 9.71. The van der Waals surface area contributed by atoms with Crippen LogP contribution >= 0.6 is 11.3 Å². The van der Waals surface area contributed by atoms with Gasteiger partial charge in [-0.25, -0.2) is 4.79 Å². The Morgan fingerprint density at radius 2 is 2.08 bits per heavy atom. The van der Waals surface area contributed by atoms with Gasteiger partial charge >= 0.3 is 6.03 Å². The number of piperidine rings is 1. The first-order chi connectivity index (χ1) is 12.7. The lowest BCUT2D eigenvalue weighted by Gasteiger charge is -2.34. The second kappa shape index (κ2) is 7.55. The molecule has 2 N–H and O–H groups in total. The highest BCUT2D eigenvalue weighted by Crippen LogP contribution is 2.33. The number of urea groups is 1. The van der Waals surface area contributed by atoms with E-state index in [9.17, 15) is 9.90 Å². The van der Waals surface area contributed by atoms with E-state index in [-0.39, 0.29) is 18.7 Å². The van der Waals surface area contributed by atoms with Gasteiger partial charge in [0.2, 0.25) is 6.79 Å². The van der Waals surface area contributed by atoms with Crippen molar-refractivity contribution >= 4 is 17.4 Å². The molecule has 0 spiro atoms. The maximum atomic E-state index is 12.4. The van der Waals surface area contributed by atoms with Crippen LogP contribution in [0.5, 0.6) is 11.5 Å². The Morgan fingerprint density at radius 1 is 1.27 bits per heavy atom. The molecule has 0 unspecified atom stereocenters. The summed E-state index contributed by atoms with van der Waals surface area (Å²) < 4.78 is 10.7. The summed E-state index contributed by atoms with van der Waals surface area (Å²) in [5.74, 6) is 1.68. The van der Waals surface area contributed by atoms with Crippen LogP contribution in [0.2, 0.25) is 0 Å². The lowest BCUT2D eigenvalue weighted by Crippen LogP contribution is -2.44. The van der Waals surface area contributed by atoms with Gasteiger partial charge in [0.1, 0.15) is 0 Å². The summed E-state index contributed by atoms with van der Waals surface area (Å²) in [6, 6.07) is 9.55. The molecule has 0 radical (unpaired) electrons. The van der Waals surface area contributed by atoms with Crippen molar-refractivity contribution in [2.75, 3.05) is 19.9 Å². The zero-order valence-electron chi connectivity index (χ0n) is 14.4. The van der Waals surface area contributed by atoms with Crippen molar-refractivity contribution in [1.82, 2.24) is 10.2 Å². The van der Waals surface area contributed by atoms with E-state index < -0.39 is 6.10 Å². The maximum absolute atomic E-state index is 12.4. The summed E-state index contributed by atoms with van der Waals surface area (Å²) in [7, 11) is 0. The molecule has 2 amide bonds. The zero-order chi connectivity index (χ0) is 17.9. The lowest BCUT2D eigenvalue weighted by molar-refractivity contribution is 0.0689. The minimum absolute atomic E-state index is 0.0632. The minimum Gasteiger partial charge on any atom is -0.454 e. The molecule has 138 valence electrons. The Morgan fingerprint density at radius 3 is 2.85 bits per heavy atom. The monoisotopic (exact) mass is 374 g/mol. The summed E-state index contributed by atoms with van der Waals surface area (Å²) in [4.78, 5) is 15.2. The normalized spacial score (nSPS) is 18.0. The number of carbonyl (C=O) groups is 1. The van der Waals surface area contributed by atoms with Crippen molar-refractivity contribution in [2.24, 2.45) is 5.92 Å². The van der Waals surface area contributed by atoms with Gasteiger partial charge < -0.3 is 24.8 Å². The van der Waals surface area contributed by atoms with Gasteiger partial charge in [-0.2, -0.15) is 0 Å². The molecule has 3 heterocycles. The molecular weight excluding hydrogens is 352 g/mol. The van der Waals surface area contributed by atoms with Crippen molar-refractivity contribution in [3.05, 3.63) is 46.2 Å². The van der Waals surface area contributed by atoms with Crippen LogP contribution in [0.3, 0.4) is 0 Å². The number of hydrogen-bond donors (Lipinski definition) is 2. The fraction of sp³-hybridized carbons (Fsp3) is 0.421. The van der Waals surface area contributed by atoms with E-state index in [1.807, 2.05) is 40.6 Å². The molecule has 0 aliphatic carbocycles. The van der Waals surface area contributed by atoms with Crippen LogP contribution in [0.15, 0.2) is 35.7 Å². The Bertz CT molecular complexity index is 757. The van der Waals surface area contributed by atoms with E-state index in [0.717, 1.165) is 34.8 Å². The van der Waals surface area contributed by atoms with Crippen LogP contribution in [0.1, 0.15) is 29.4 Å². The van der Waals surface area contributed by atoms with Crippen LogP contribution < -0.4 is 14.8 Å². The number of aliphatic hydroxyl groups is 1. The molecule has 7 heteroatoms. The standard InChI is InChI=1S/C19H22N2O4S/c22-18(17-2-1-9-26-17)14-5-7-21(8-6-14)19(23)20-11-13-3-4-15-16(10-13)25-12-24-15/h1-4,9-10,14,18,22H,5-8,11-12H2,(H,20,23)/t18-/m1/s1. The number of ether oxygens (including phenoxy) is 2. The van der Waals surface area contributed by atoms with Crippen LogP contribution in [-0.4, -0.2) is 35.9 Å². The SMILES string of the molecule is O=C(NCc1ccc2c(c1)OCO2)N1CCC([C@@H](O)c2cccs2)CC1. The number of benzene rings is 1. The number of carbonyl (C=O) groups excluding carboxylic acids is 1. The molecule has 1 atom stereocenters. The molecular formula is C19H22N2O4S. The number of hydrogen-bond acceptors (Lipinski definition) is 5. The van der Waals surface area contributed by atoms with Gasteiger partial charge in [-0.1, -0.05) is 12.1 Å². The average molecular weight is 374 g/mol. The Hall–Kier alpha value is -2.25. The average Bonchev–Trinajstić information content (AvgIpc) is 3.37. The first kappa shape index (κ1) is 17.2. The van der Waals surface area contributed by atoms with Gasteiger partial charge in [-0.15, -0.1) is 11.3 Å². The fourth-order valence-electron chi connectivity index (χ4n) is 3.45. The number of nitrogens with one attached hydrogen (secondary N) is 1. The number of rotatable bonds is 4. The third kappa shape index (κ3) is 3.64. The van der Waals surface area contributed by atoms with E-state index >= 15 is 0 Å². The Balaban J connectivity index is 1.26. The minimum atomic E-state index is -0.422. The van der Waals surface area contributed by atoms with Gasteiger partial charge in [0.25, 0.3) is 0 Å². The highest BCUT2D eigenvalue weighted by atomic mass is 32.1. The molecule has 26 heavy (non-hydrogen) atoms. The van der Waals surface area contributed by atoms with E-state index in [0.29, 0.717) is 19.6 Å². The number of amides is 2. The highest BCUT2D eigenvalue weighted by Gasteiger charge is 2.28. The van der Waals surface area contributed by atoms with Crippen molar-refractivity contribution in [3.63, 3.8) is 0 Å². The Kier molecular flexibility index (Phi) is 4.99. The number of likely N-dealkylation sites (tertiary alicyclic amines) is 1. The van der Waals surface area contributed by atoms with Crippen LogP contribution in [0, 0.1) is 5.92 Å². The topological polar surface area (TPSA) is 71.0 Å². The smallest absolute Gasteiger partial charge is 0.317 e. The number of fused-ring (bicyclic) bond motifs is 1. The van der Waals surface area contributed by atoms with Gasteiger partial charge in [-0.05, 0) is 47.9 Å². The molecule has 2 aromatic rings. The van der Waals surface area contributed by atoms with E-state index in [1.54, 1.807) is 11.3 Å². The van der Waals surface area contributed by atoms with Crippen molar-refractivity contribution < 1.29 is 19.4 Å². The maximum Gasteiger partial charge on any atom is 0.317 e. The van der Waals surface area contributed by atoms with Crippen molar-refractivity contribution in [3.8, 4) is 11.5 Å². The zero-order valence-corrected chi connectivity index (χ0v) is 15.2. The second-order valence-electron chi connectivity index (χ2n) is 6.63. The fourth-order valence-corrected chi connectivity index (χ4v) is 4.25. The number of thiophene rings is 1. The van der Waals surface area contributed by atoms with Crippen molar-refractivity contribution in [2.45, 2.75) is 25.5 Å². The quantitative estimate of drug-likeness (QED) is 0.863. The molecule has 0 bridgehead atoms. The molecule has 1 aromatic carbocycles. The number of nitrogens with zero attached hydrogens (tertiary/aromatic N) is 1. The third-order valence-electron chi connectivity index (χ3n) is 4.99. The Labute approximate surface area is 156 Å².